The molecule has 0 atom stereocenters. The van der Waals surface area contributed by atoms with Gasteiger partial charge in [0.15, 0.2) is 0 Å². The third-order valence-corrected chi connectivity index (χ3v) is 1.81. The molecule has 0 fully saturated rings. The fourth-order valence-corrected chi connectivity index (χ4v) is 1.18. The smallest absolute Gasteiger partial charge is 0.204 e. The molecular formula is C8H9N3. The molecule has 0 spiro atoms. The highest BCUT2D eigenvalue weighted by Crippen LogP contribution is 2.11. The van der Waals surface area contributed by atoms with Crippen LogP contribution in [-0.4, -0.2) is 9.38 Å². The van der Waals surface area contributed by atoms with Gasteiger partial charge in [-0.25, -0.2) is 4.98 Å². The van der Waals surface area contributed by atoms with Gasteiger partial charge in [0.1, 0.15) is 0 Å². The van der Waals surface area contributed by atoms with Crippen LogP contribution in [-0.2, 0) is 0 Å². The summed E-state index contributed by atoms with van der Waals surface area (Å²) in [5, 5.41) is 0. The third-order valence-electron chi connectivity index (χ3n) is 1.81. The predicted molar refractivity (Wildman–Crippen MR) is 44.3 cm³/mol. The van der Waals surface area contributed by atoms with Crippen LogP contribution in [0.3, 0.4) is 0 Å². The first-order valence-electron chi connectivity index (χ1n) is 3.47. The Bertz CT molecular complexity index is 389. The van der Waals surface area contributed by atoms with Crippen molar-refractivity contribution in [1.29, 1.82) is 0 Å². The summed E-state index contributed by atoms with van der Waals surface area (Å²) in [5.41, 5.74) is 7.86. The largest absolute Gasteiger partial charge is 0.369 e. The SMILES string of the molecule is Cc1cccn2c(N)ncc12. The Morgan fingerprint density at radius 1 is 1.55 bits per heavy atom. The summed E-state index contributed by atoms with van der Waals surface area (Å²) in [6.45, 7) is 2.04. The normalized spacial score (nSPS) is 10.6. The highest BCUT2D eigenvalue weighted by atomic mass is 15.1. The molecule has 0 aliphatic rings. The molecule has 56 valence electrons. The molecule has 3 heteroatoms. The summed E-state index contributed by atoms with van der Waals surface area (Å²) in [6, 6.07) is 4.00. The van der Waals surface area contributed by atoms with Crippen molar-refractivity contribution in [1.82, 2.24) is 9.38 Å². The Balaban J connectivity index is 2.94. The van der Waals surface area contributed by atoms with Crippen molar-refractivity contribution in [2.75, 3.05) is 5.73 Å². The second-order valence-corrected chi connectivity index (χ2v) is 2.56. The number of nitrogen functional groups attached to an aromatic ring is 1. The van der Waals surface area contributed by atoms with Crippen molar-refractivity contribution in [2.24, 2.45) is 0 Å². The van der Waals surface area contributed by atoms with Crippen molar-refractivity contribution in [3.8, 4) is 0 Å². The number of fused-ring (bicyclic) bond motifs is 1. The van der Waals surface area contributed by atoms with Crippen LogP contribution in [0.4, 0.5) is 5.95 Å². The lowest BCUT2D eigenvalue weighted by Crippen LogP contribution is -1.93. The maximum absolute atomic E-state index is 5.60. The zero-order valence-corrected chi connectivity index (χ0v) is 6.28. The molecule has 0 saturated carbocycles. The number of aryl methyl sites for hydroxylation is 1. The lowest BCUT2D eigenvalue weighted by molar-refractivity contribution is 1.16. The number of hydrogen-bond donors (Lipinski definition) is 1. The molecule has 0 aliphatic heterocycles. The van der Waals surface area contributed by atoms with Crippen LogP contribution in [0.5, 0.6) is 0 Å². The fourth-order valence-electron chi connectivity index (χ4n) is 1.18. The number of nitrogens with two attached hydrogens (primary N) is 1. The Morgan fingerprint density at radius 3 is 3.09 bits per heavy atom. The van der Waals surface area contributed by atoms with E-state index in [1.165, 1.54) is 5.56 Å². The van der Waals surface area contributed by atoms with E-state index in [-0.39, 0.29) is 0 Å². The van der Waals surface area contributed by atoms with E-state index >= 15 is 0 Å². The molecular weight excluding hydrogens is 138 g/mol. The standard InChI is InChI=1S/C8H9N3/c1-6-3-2-4-11-7(6)5-10-8(11)9/h2-5H,1H3,(H2,9,10). The minimum atomic E-state index is 0.545. The van der Waals surface area contributed by atoms with E-state index in [4.69, 9.17) is 5.73 Å². The average Bonchev–Trinajstić information content (AvgIpc) is 2.35. The van der Waals surface area contributed by atoms with Crippen LogP contribution in [0.15, 0.2) is 24.5 Å². The molecule has 0 radical (unpaired) electrons. The van der Waals surface area contributed by atoms with Gasteiger partial charge in [0.05, 0.1) is 11.7 Å². The first kappa shape index (κ1) is 6.22. The van der Waals surface area contributed by atoms with Crippen LogP contribution >= 0.6 is 0 Å². The number of imidazole rings is 1. The van der Waals surface area contributed by atoms with Gasteiger partial charge in [0.2, 0.25) is 5.95 Å². The van der Waals surface area contributed by atoms with Crippen molar-refractivity contribution in [3.05, 3.63) is 30.1 Å². The number of anilines is 1. The van der Waals surface area contributed by atoms with Gasteiger partial charge in [-0.05, 0) is 18.6 Å². The van der Waals surface area contributed by atoms with Crippen molar-refractivity contribution < 1.29 is 0 Å². The quantitative estimate of drug-likeness (QED) is 0.609. The minimum absolute atomic E-state index is 0.545. The van der Waals surface area contributed by atoms with E-state index in [9.17, 15) is 0 Å². The van der Waals surface area contributed by atoms with Gasteiger partial charge in [-0.2, -0.15) is 0 Å². The third kappa shape index (κ3) is 0.774. The van der Waals surface area contributed by atoms with Gasteiger partial charge in [0.25, 0.3) is 0 Å². The predicted octanol–water partition coefficient (Wildman–Crippen LogP) is 1.22. The summed E-state index contributed by atoms with van der Waals surface area (Å²) in [6.07, 6.45) is 3.69. The molecule has 0 aromatic carbocycles. The fraction of sp³-hybridized carbons (Fsp3) is 0.125. The number of rotatable bonds is 0. The summed E-state index contributed by atoms with van der Waals surface area (Å²) >= 11 is 0. The number of aromatic nitrogens is 2. The van der Waals surface area contributed by atoms with E-state index < -0.39 is 0 Å². The zero-order chi connectivity index (χ0) is 7.84. The van der Waals surface area contributed by atoms with Gasteiger partial charge in [-0.15, -0.1) is 0 Å². The first-order valence-corrected chi connectivity index (χ1v) is 3.47. The molecule has 11 heavy (non-hydrogen) atoms. The number of pyridine rings is 1. The second kappa shape index (κ2) is 1.99. The molecule has 0 aliphatic carbocycles. The molecule has 0 unspecified atom stereocenters. The van der Waals surface area contributed by atoms with Gasteiger partial charge < -0.3 is 5.73 Å². The van der Waals surface area contributed by atoms with Crippen LogP contribution in [0.25, 0.3) is 5.52 Å². The van der Waals surface area contributed by atoms with Crippen LogP contribution in [0, 0.1) is 6.92 Å². The lowest BCUT2D eigenvalue weighted by Gasteiger charge is -1.96. The zero-order valence-electron chi connectivity index (χ0n) is 6.28. The topological polar surface area (TPSA) is 43.3 Å². The van der Waals surface area contributed by atoms with Gasteiger partial charge in [-0.1, -0.05) is 6.07 Å². The average molecular weight is 147 g/mol. The Morgan fingerprint density at radius 2 is 2.36 bits per heavy atom. The summed E-state index contributed by atoms with van der Waals surface area (Å²) in [4.78, 5) is 4.00. The van der Waals surface area contributed by atoms with Crippen LogP contribution in [0.2, 0.25) is 0 Å². The summed E-state index contributed by atoms with van der Waals surface area (Å²) in [7, 11) is 0. The molecule has 2 aromatic heterocycles. The monoisotopic (exact) mass is 147 g/mol. The minimum Gasteiger partial charge on any atom is -0.369 e. The lowest BCUT2D eigenvalue weighted by atomic mass is 10.3. The van der Waals surface area contributed by atoms with Crippen LogP contribution < -0.4 is 5.73 Å². The molecule has 2 rings (SSSR count). The maximum atomic E-state index is 5.60. The van der Waals surface area contributed by atoms with Gasteiger partial charge in [-0.3, -0.25) is 4.40 Å². The summed E-state index contributed by atoms with van der Waals surface area (Å²) < 4.78 is 1.87. The number of nitrogens with zero attached hydrogens (tertiary/aromatic N) is 2. The van der Waals surface area contributed by atoms with Crippen LogP contribution in [0.1, 0.15) is 5.56 Å². The van der Waals surface area contributed by atoms with Crippen molar-refractivity contribution >= 4 is 11.5 Å². The molecule has 0 bridgehead atoms. The first-order chi connectivity index (χ1) is 5.29. The second-order valence-electron chi connectivity index (χ2n) is 2.56. The molecule has 0 amide bonds. The number of hydrogen-bond acceptors (Lipinski definition) is 2. The van der Waals surface area contributed by atoms with Gasteiger partial charge >= 0.3 is 0 Å². The van der Waals surface area contributed by atoms with E-state index in [2.05, 4.69) is 4.98 Å². The Kier molecular flexibility index (Phi) is 1.12. The van der Waals surface area contributed by atoms with Crippen molar-refractivity contribution in [3.63, 3.8) is 0 Å². The van der Waals surface area contributed by atoms with E-state index in [0.29, 0.717) is 5.95 Å². The highest BCUT2D eigenvalue weighted by molar-refractivity contribution is 5.56. The van der Waals surface area contributed by atoms with E-state index in [0.717, 1.165) is 5.52 Å². The molecule has 0 saturated heterocycles. The summed E-state index contributed by atoms with van der Waals surface area (Å²) in [5.74, 6) is 0.545. The van der Waals surface area contributed by atoms with E-state index in [1.54, 1.807) is 6.20 Å². The molecule has 2 N–H and O–H groups in total. The highest BCUT2D eigenvalue weighted by Gasteiger charge is 1.98. The molecule has 2 aromatic rings. The Hall–Kier alpha value is -1.51. The molecule has 3 nitrogen and oxygen atoms in total. The van der Waals surface area contributed by atoms with E-state index in [1.807, 2.05) is 29.7 Å². The Labute approximate surface area is 64.5 Å². The van der Waals surface area contributed by atoms with Gasteiger partial charge in [0, 0.05) is 6.20 Å². The molecule has 2 heterocycles. The van der Waals surface area contributed by atoms with Crippen molar-refractivity contribution in [2.45, 2.75) is 6.92 Å². The maximum Gasteiger partial charge on any atom is 0.204 e.